The lowest BCUT2D eigenvalue weighted by Crippen LogP contribution is -2.25. The Morgan fingerprint density at radius 3 is 2.24 bits per heavy atom. The zero-order chi connectivity index (χ0) is 15.3. The van der Waals surface area contributed by atoms with Gasteiger partial charge in [0.2, 0.25) is 9.84 Å². The summed E-state index contributed by atoms with van der Waals surface area (Å²) in [6.07, 6.45) is 2.05. The summed E-state index contributed by atoms with van der Waals surface area (Å²) in [7, 11) is -3.46. The molecule has 0 saturated heterocycles. The molecule has 1 radical (unpaired) electrons. The molecule has 1 heterocycles. The number of rotatable bonds is 2. The molecule has 0 aliphatic carbocycles. The third-order valence-corrected chi connectivity index (χ3v) is 5.41. The molecule has 1 N–H and O–H groups in total. The van der Waals surface area contributed by atoms with Crippen molar-refractivity contribution in [1.82, 2.24) is 0 Å². The smallest absolute Gasteiger partial charge is 0.206 e. The van der Waals surface area contributed by atoms with E-state index >= 15 is 0 Å². The Balaban J connectivity index is 2.04. The molecule has 0 unspecified atom stereocenters. The normalized spacial score (nSPS) is 16.3. The van der Waals surface area contributed by atoms with E-state index in [0.29, 0.717) is 9.79 Å². The van der Waals surface area contributed by atoms with Crippen LogP contribution in [-0.4, -0.2) is 14.0 Å². The molecule has 1 aliphatic heterocycles. The van der Waals surface area contributed by atoms with Crippen LogP contribution in [0.2, 0.25) is 0 Å². The van der Waals surface area contributed by atoms with E-state index in [1.54, 1.807) is 24.3 Å². The Morgan fingerprint density at radius 2 is 1.57 bits per heavy atom. The fourth-order valence-corrected chi connectivity index (χ4v) is 3.86. The first-order valence-corrected chi connectivity index (χ1v) is 8.36. The van der Waals surface area contributed by atoms with Crippen LogP contribution in [0.25, 0.3) is 0 Å². The van der Waals surface area contributed by atoms with Crippen LogP contribution in [0.3, 0.4) is 0 Å². The number of nitrogens with one attached hydrogen (secondary N) is 1. The highest BCUT2D eigenvalue weighted by molar-refractivity contribution is 7.91. The van der Waals surface area contributed by atoms with E-state index in [1.165, 1.54) is 0 Å². The number of hydrogen-bond donors (Lipinski definition) is 1. The Hall–Kier alpha value is -1.81. The van der Waals surface area contributed by atoms with Crippen molar-refractivity contribution in [3.63, 3.8) is 0 Å². The van der Waals surface area contributed by atoms with Gasteiger partial charge < -0.3 is 5.32 Å². The molecule has 2 aromatic rings. The molecular formula is C17H18NO2S. The van der Waals surface area contributed by atoms with Crippen molar-refractivity contribution >= 4 is 15.5 Å². The topological polar surface area (TPSA) is 46.2 Å². The molecular weight excluding hydrogens is 282 g/mol. The highest BCUT2D eigenvalue weighted by atomic mass is 32.2. The third-order valence-electron chi connectivity index (χ3n) is 3.64. The number of aryl methyl sites for hydroxylation is 1. The van der Waals surface area contributed by atoms with Gasteiger partial charge in [-0.3, -0.25) is 0 Å². The molecule has 0 atom stereocenters. The van der Waals surface area contributed by atoms with Gasteiger partial charge in [0, 0.05) is 17.6 Å². The maximum absolute atomic E-state index is 12.7. The molecule has 4 heteroatoms. The summed E-state index contributed by atoms with van der Waals surface area (Å²) in [5, 5.41) is 3.35. The Labute approximate surface area is 125 Å². The average Bonchev–Trinajstić information content (AvgIpc) is 2.71. The van der Waals surface area contributed by atoms with Gasteiger partial charge in [-0.25, -0.2) is 8.42 Å². The molecule has 1 aliphatic rings. The molecule has 21 heavy (non-hydrogen) atoms. The van der Waals surface area contributed by atoms with Crippen molar-refractivity contribution in [2.75, 3.05) is 5.32 Å². The molecule has 0 bridgehead atoms. The van der Waals surface area contributed by atoms with Crippen LogP contribution >= 0.6 is 0 Å². The quantitative estimate of drug-likeness (QED) is 0.922. The van der Waals surface area contributed by atoms with Gasteiger partial charge in [0.25, 0.3) is 0 Å². The Bertz CT molecular complexity index is 790. The predicted octanol–water partition coefficient (Wildman–Crippen LogP) is 3.58. The van der Waals surface area contributed by atoms with E-state index in [0.717, 1.165) is 16.8 Å². The van der Waals surface area contributed by atoms with Crippen molar-refractivity contribution in [2.45, 2.75) is 36.1 Å². The third kappa shape index (κ3) is 2.56. The summed E-state index contributed by atoms with van der Waals surface area (Å²) in [4.78, 5) is 0.666. The minimum absolute atomic E-state index is 0.144. The molecule has 2 aromatic carbocycles. The molecule has 0 amide bonds. The van der Waals surface area contributed by atoms with E-state index in [9.17, 15) is 8.42 Å². The lowest BCUT2D eigenvalue weighted by atomic mass is 10.0. The lowest BCUT2D eigenvalue weighted by molar-refractivity contribution is 0.596. The van der Waals surface area contributed by atoms with Gasteiger partial charge in [-0.1, -0.05) is 17.7 Å². The first kappa shape index (κ1) is 14.1. The van der Waals surface area contributed by atoms with Gasteiger partial charge in [0.05, 0.1) is 9.79 Å². The second-order valence-electron chi connectivity index (χ2n) is 6.06. The highest BCUT2D eigenvalue weighted by Gasteiger charge is 2.29. The molecule has 0 saturated carbocycles. The van der Waals surface area contributed by atoms with Crippen LogP contribution in [-0.2, 0) is 9.84 Å². The fraction of sp³-hybridized carbons (Fsp3) is 0.235. The lowest BCUT2D eigenvalue weighted by Gasteiger charge is -2.17. The predicted molar refractivity (Wildman–Crippen MR) is 84.2 cm³/mol. The van der Waals surface area contributed by atoms with Crippen LogP contribution in [0.15, 0.2) is 52.3 Å². The van der Waals surface area contributed by atoms with Gasteiger partial charge in [0.15, 0.2) is 0 Å². The Kier molecular flexibility index (Phi) is 3.10. The van der Waals surface area contributed by atoms with Crippen molar-refractivity contribution in [1.29, 1.82) is 0 Å². The minimum atomic E-state index is -3.46. The molecule has 0 aromatic heterocycles. The summed E-state index contributed by atoms with van der Waals surface area (Å²) in [6, 6.07) is 12.2. The maximum Gasteiger partial charge on any atom is 0.206 e. The van der Waals surface area contributed by atoms with Crippen LogP contribution < -0.4 is 5.32 Å². The zero-order valence-corrected chi connectivity index (χ0v) is 13.2. The first-order valence-electron chi connectivity index (χ1n) is 6.88. The van der Waals surface area contributed by atoms with Gasteiger partial charge in [-0.2, -0.15) is 0 Å². The van der Waals surface area contributed by atoms with Crippen LogP contribution in [0.5, 0.6) is 0 Å². The number of benzene rings is 2. The van der Waals surface area contributed by atoms with Gasteiger partial charge >= 0.3 is 0 Å². The minimum Gasteiger partial charge on any atom is -0.379 e. The summed E-state index contributed by atoms with van der Waals surface area (Å²) in [5.74, 6) is 0. The SMILES string of the molecule is Cc1ccc(S(=O)(=O)c2ccc3c(c2)[CH]C(C)(C)N3)cc1. The van der Waals surface area contributed by atoms with E-state index in [-0.39, 0.29) is 5.54 Å². The number of anilines is 1. The van der Waals surface area contributed by atoms with Crippen molar-refractivity contribution in [3.05, 3.63) is 60.0 Å². The van der Waals surface area contributed by atoms with E-state index in [4.69, 9.17) is 0 Å². The summed E-state index contributed by atoms with van der Waals surface area (Å²) < 4.78 is 25.3. The number of sulfone groups is 1. The van der Waals surface area contributed by atoms with Crippen LogP contribution in [0.4, 0.5) is 5.69 Å². The van der Waals surface area contributed by atoms with E-state index in [2.05, 4.69) is 25.6 Å². The zero-order valence-electron chi connectivity index (χ0n) is 12.3. The van der Waals surface area contributed by atoms with Gasteiger partial charge in [0.1, 0.15) is 0 Å². The highest BCUT2D eigenvalue weighted by Crippen LogP contribution is 2.36. The van der Waals surface area contributed by atoms with Crippen LogP contribution in [0.1, 0.15) is 25.0 Å². The Morgan fingerprint density at radius 1 is 0.952 bits per heavy atom. The van der Waals surface area contributed by atoms with Gasteiger partial charge in [-0.15, -0.1) is 0 Å². The maximum atomic E-state index is 12.7. The van der Waals surface area contributed by atoms with E-state index < -0.39 is 9.84 Å². The van der Waals surface area contributed by atoms with Crippen LogP contribution in [0, 0.1) is 13.3 Å². The van der Waals surface area contributed by atoms with Crippen molar-refractivity contribution in [2.24, 2.45) is 0 Å². The largest absolute Gasteiger partial charge is 0.379 e. The standard InChI is InChI=1S/C17H18NO2S/c1-12-4-6-14(7-5-12)21(19,20)15-8-9-16-13(10-15)11-17(2,3)18-16/h4-11,18H,1-3H3. The fourth-order valence-electron chi connectivity index (χ4n) is 2.57. The molecule has 0 fully saturated rings. The van der Waals surface area contributed by atoms with Crippen molar-refractivity contribution < 1.29 is 8.42 Å². The van der Waals surface area contributed by atoms with Crippen molar-refractivity contribution in [3.8, 4) is 0 Å². The second-order valence-corrected chi connectivity index (χ2v) is 8.01. The molecule has 0 spiro atoms. The molecule has 3 rings (SSSR count). The first-order chi connectivity index (χ1) is 9.78. The summed E-state index contributed by atoms with van der Waals surface area (Å²) in [6.45, 7) is 6.05. The summed E-state index contributed by atoms with van der Waals surface area (Å²) >= 11 is 0. The summed E-state index contributed by atoms with van der Waals surface area (Å²) in [5.41, 5.74) is 2.81. The van der Waals surface area contributed by atoms with E-state index in [1.807, 2.05) is 25.1 Å². The number of hydrogen-bond acceptors (Lipinski definition) is 3. The monoisotopic (exact) mass is 300 g/mol. The molecule has 109 valence electrons. The van der Waals surface area contributed by atoms with Gasteiger partial charge in [-0.05, 0) is 56.7 Å². The average molecular weight is 300 g/mol. The second kappa shape index (κ2) is 4.60. The molecule has 3 nitrogen and oxygen atoms in total. The number of fused-ring (bicyclic) bond motifs is 1.